The monoisotopic (exact) mass is 533 g/mol. The Balaban J connectivity index is 1.54. The molecule has 2 aromatic carbocycles. The summed E-state index contributed by atoms with van der Waals surface area (Å²) in [6, 6.07) is 9.68. The van der Waals surface area contributed by atoms with Crippen LogP contribution >= 0.6 is 0 Å². The molecule has 0 unspecified atom stereocenters. The van der Waals surface area contributed by atoms with E-state index in [1.54, 1.807) is 30.0 Å². The number of anilines is 1. The molecule has 1 fully saturated rings. The van der Waals surface area contributed by atoms with Crippen molar-refractivity contribution in [3.8, 4) is 5.75 Å². The van der Waals surface area contributed by atoms with Gasteiger partial charge in [0.05, 0.1) is 23.8 Å². The highest BCUT2D eigenvalue weighted by molar-refractivity contribution is 6.00. The van der Waals surface area contributed by atoms with Gasteiger partial charge in [-0.05, 0) is 62.7 Å². The van der Waals surface area contributed by atoms with E-state index in [1.807, 2.05) is 18.9 Å². The Hall–Kier alpha value is -3.11. The largest absolute Gasteiger partial charge is 0.488 e. The van der Waals surface area contributed by atoms with Crippen molar-refractivity contribution >= 4 is 17.5 Å². The molecule has 2 aromatic rings. The topological polar surface area (TPSA) is 82.1 Å². The van der Waals surface area contributed by atoms with Gasteiger partial charge in [0.2, 0.25) is 5.91 Å². The first-order valence-electron chi connectivity index (χ1n) is 12.8. The van der Waals surface area contributed by atoms with Gasteiger partial charge in [0.1, 0.15) is 11.9 Å². The normalized spacial score (nSPS) is 20.8. The number of amides is 2. The van der Waals surface area contributed by atoms with Crippen LogP contribution < -0.4 is 10.1 Å². The van der Waals surface area contributed by atoms with Crippen LogP contribution in [0.5, 0.6) is 5.75 Å². The van der Waals surface area contributed by atoms with Gasteiger partial charge in [-0.25, -0.2) is 0 Å². The predicted octanol–water partition coefficient (Wildman–Crippen LogP) is 4.41. The van der Waals surface area contributed by atoms with E-state index in [9.17, 15) is 27.9 Å². The van der Waals surface area contributed by atoms with E-state index in [-0.39, 0.29) is 36.4 Å². The Labute approximate surface area is 220 Å². The molecule has 1 aliphatic heterocycles. The van der Waals surface area contributed by atoms with Crippen LogP contribution in [0.4, 0.5) is 18.9 Å². The number of nitrogens with one attached hydrogen (secondary N) is 1. The van der Waals surface area contributed by atoms with Gasteiger partial charge in [0, 0.05) is 37.2 Å². The number of carbonyl (C=O) groups is 2. The molecule has 0 saturated heterocycles. The number of halogens is 3. The molecule has 0 radical (unpaired) electrons. The molecule has 3 atom stereocenters. The minimum absolute atomic E-state index is 0.0142. The molecule has 0 aromatic heterocycles. The van der Waals surface area contributed by atoms with Gasteiger partial charge in [-0.15, -0.1) is 0 Å². The molecule has 2 N–H and O–H groups in total. The molecule has 1 heterocycles. The van der Waals surface area contributed by atoms with E-state index in [4.69, 9.17) is 4.74 Å². The number of likely N-dealkylation sites (N-methyl/N-ethyl adjacent to an activating group) is 1. The Morgan fingerprint density at radius 2 is 1.89 bits per heavy atom. The lowest BCUT2D eigenvalue weighted by Gasteiger charge is -2.38. The number of aliphatic hydroxyl groups excluding tert-OH is 1. The van der Waals surface area contributed by atoms with Crippen LogP contribution in [0.25, 0.3) is 0 Å². The van der Waals surface area contributed by atoms with Gasteiger partial charge in [-0.2, -0.15) is 13.2 Å². The van der Waals surface area contributed by atoms with Crippen LogP contribution in [0.1, 0.15) is 48.2 Å². The highest BCUT2D eigenvalue weighted by Crippen LogP contribution is 2.33. The molecule has 0 bridgehead atoms. The lowest BCUT2D eigenvalue weighted by molar-refractivity contribution is -0.137. The number of fused-ring (bicyclic) bond motifs is 1. The summed E-state index contributed by atoms with van der Waals surface area (Å²) < 4.78 is 45.1. The van der Waals surface area contributed by atoms with Crippen LogP contribution in [0, 0.1) is 11.8 Å². The zero-order valence-electron chi connectivity index (χ0n) is 21.8. The van der Waals surface area contributed by atoms with Crippen molar-refractivity contribution in [2.45, 2.75) is 51.6 Å². The van der Waals surface area contributed by atoms with Crippen molar-refractivity contribution in [3.63, 3.8) is 0 Å². The van der Waals surface area contributed by atoms with Crippen LogP contribution in [0.2, 0.25) is 0 Å². The van der Waals surface area contributed by atoms with E-state index in [1.165, 1.54) is 12.1 Å². The minimum atomic E-state index is -4.38. The standard InChI is InChI=1S/C28H34F3N3O4/c1-17-13-34(18(2)16-35)27(37)23-12-22(32-26(36)20-6-7-20)10-11-24(23)38-25(17)15-33(3)14-19-4-8-21(9-5-19)28(29,30)31/h4-5,8-12,17-18,20,25,35H,6-7,13-16H2,1-3H3,(H,32,36)/t17-,18-,25+/m1/s1. The number of nitrogens with zero attached hydrogens (tertiary/aromatic N) is 2. The van der Waals surface area contributed by atoms with Gasteiger partial charge in [-0.3, -0.25) is 14.5 Å². The fraction of sp³-hybridized carbons (Fsp3) is 0.500. The smallest absolute Gasteiger partial charge is 0.416 e. The van der Waals surface area contributed by atoms with Crippen LogP contribution in [-0.2, 0) is 17.5 Å². The van der Waals surface area contributed by atoms with Crippen LogP contribution in [0.15, 0.2) is 42.5 Å². The molecule has 206 valence electrons. The molecule has 1 saturated carbocycles. The van der Waals surface area contributed by atoms with Gasteiger partial charge < -0.3 is 20.1 Å². The first kappa shape index (κ1) is 27.9. The van der Waals surface area contributed by atoms with Gasteiger partial charge in [0.25, 0.3) is 5.91 Å². The summed E-state index contributed by atoms with van der Waals surface area (Å²) in [5.41, 5.74) is 0.870. The van der Waals surface area contributed by atoms with Crippen molar-refractivity contribution in [3.05, 3.63) is 59.2 Å². The molecule has 4 rings (SSSR count). The highest BCUT2D eigenvalue weighted by Gasteiger charge is 2.35. The zero-order valence-corrected chi connectivity index (χ0v) is 21.8. The third-order valence-electron chi connectivity index (χ3n) is 7.11. The highest BCUT2D eigenvalue weighted by atomic mass is 19.4. The summed E-state index contributed by atoms with van der Waals surface area (Å²) in [6.45, 7) is 4.76. The van der Waals surface area contributed by atoms with Crippen molar-refractivity contribution in [2.75, 3.05) is 32.1 Å². The lowest BCUT2D eigenvalue weighted by atomic mass is 9.99. The summed E-state index contributed by atoms with van der Waals surface area (Å²) in [5, 5.41) is 12.7. The molecular weight excluding hydrogens is 499 g/mol. The van der Waals surface area contributed by atoms with Crippen molar-refractivity contribution in [1.82, 2.24) is 9.80 Å². The third kappa shape index (κ3) is 6.66. The quantitative estimate of drug-likeness (QED) is 0.526. The Kier molecular flexibility index (Phi) is 8.32. The molecular formula is C28H34F3N3O4. The van der Waals surface area contributed by atoms with Crippen LogP contribution in [-0.4, -0.2) is 65.6 Å². The Morgan fingerprint density at radius 3 is 2.50 bits per heavy atom. The average Bonchev–Trinajstić information content (AvgIpc) is 3.71. The Bertz CT molecular complexity index is 1150. The fourth-order valence-electron chi connectivity index (χ4n) is 4.59. The zero-order chi connectivity index (χ0) is 27.6. The fourth-order valence-corrected chi connectivity index (χ4v) is 4.59. The SMILES string of the molecule is C[C@@H]1CN([C@H](C)CO)C(=O)c2cc(NC(=O)C3CC3)ccc2O[C@H]1CN(C)Cc1ccc(C(F)(F)F)cc1. The maximum atomic E-state index is 13.5. The number of aliphatic hydroxyl groups is 1. The second kappa shape index (κ2) is 11.3. The van der Waals surface area contributed by atoms with Crippen molar-refractivity contribution in [2.24, 2.45) is 11.8 Å². The average molecular weight is 534 g/mol. The summed E-state index contributed by atoms with van der Waals surface area (Å²) in [6.07, 6.45) is -3.00. The molecule has 1 aliphatic carbocycles. The van der Waals surface area contributed by atoms with Crippen molar-refractivity contribution < 1.29 is 32.6 Å². The number of hydrogen-bond donors (Lipinski definition) is 2. The van der Waals surface area contributed by atoms with E-state index in [0.29, 0.717) is 36.6 Å². The van der Waals surface area contributed by atoms with E-state index in [2.05, 4.69) is 5.32 Å². The maximum Gasteiger partial charge on any atom is 0.416 e. The first-order chi connectivity index (χ1) is 18.0. The maximum absolute atomic E-state index is 13.5. The van der Waals surface area contributed by atoms with E-state index >= 15 is 0 Å². The summed E-state index contributed by atoms with van der Waals surface area (Å²) >= 11 is 0. The summed E-state index contributed by atoms with van der Waals surface area (Å²) in [7, 11) is 1.86. The van der Waals surface area contributed by atoms with Gasteiger partial charge in [-0.1, -0.05) is 19.1 Å². The molecule has 2 amide bonds. The Morgan fingerprint density at radius 1 is 1.21 bits per heavy atom. The summed E-state index contributed by atoms with van der Waals surface area (Å²) in [5.74, 6) is -0.0617. The molecule has 38 heavy (non-hydrogen) atoms. The number of alkyl halides is 3. The van der Waals surface area contributed by atoms with Gasteiger partial charge in [0.15, 0.2) is 0 Å². The molecule has 0 spiro atoms. The number of rotatable bonds is 8. The number of benzene rings is 2. The molecule has 10 heteroatoms. The second-order valence-electron chi connectivity index (χ2n) is 10.5. The minimum Gasteiger partial charge on any atom is -0.488 e. The number of ether oxygens (including phenoxy) is 1. The first-order valence-corrected chi connectivity index (χ1v) is 12.8. The second-order valence-corrected chi connectivity index (χ2v) is 10.5. The van der Waals surface area contributed by atoms with E-state index < -0.39 is 17.8 Å². The third-order valence-corrected chi connectivity index (χ3v) is 7.11. The molecule has 2 aliphatic rings. The predicted molar refractivity (Wildman–Crippen MR) is 137 cm³/mol. The summed E-state index contributed by atoms with van der Waals surface area (Å²) in [4.78, 5) is 29.4. The van der Waals surface area contributed by atoms with Crippen LogP contribution in [0.3, 0.4) is 0 Å². The number of hydrogen-bond acceptors (Lipinski definition) is 5. The van der Waals surface area contributed by atoms with Gasteiger partial charge >= 0.3 is 6.18 Å². The number of carbonyl (C=O) groups excluding carboxylic acids is 2. The molecule has 7 nitrogen and oxygen atoms in total. The lowest BCUT2D eigenvalue weighted by Crippen LogP contribution is -2.49. The van der Waals surface area contributed by atoms with Crippen molar-refractivity contribution in [1.29, 1.82) is 0 Å². The van der Waals surface area contributed by atoms with E-state index in [0.717, 1.165) is 30.5 Å².